The van der Waals surface area contributed by atoms with Gasteiger partial charge in [0.25, 0.3) is 0 Å². The molecule has 1 aromatic rings. The quantitative estimate of drug-likeness (QED) is 0.868. The summed E-state index contributed by atoms with van der Waals surface area (Å²) in [5, 5.41) is 3.54. The Kier molecular flexibility index (Phi) is 5.38. The Morgan fingerprint density at radius 2 is 2.11 bits per heavy atom. The van der Waals surface area contributed by atoms with Crippen molar-refractivity contribution in [3.8, 4) is 0 Å². The molecule has 106 valence electrons. The van der Waals surface area contributed by atoms with E-state index in [1.165, 1.54) is 36.8 Å². The average molecular weight is 260 g/mol. The van der Waals surface area contributed by atoms with Crippen LogP contribution in [0, 0.1) is 18.8 Å². The van der Waals surface area contributed by atoms with Gasteiger partial charge in [-0.3, -0.25) is 4.98 Å². The average Bonchev–Trinajstić information content (AvgIpc) is 2.45. The van der Waals surface area contributed by atoms with Crippen LogP contribution in [0.15, 0.2) is 18.5 Å². The third-order valence-corrected chi connectivity index (χ3v) is 4.66. The lowest BCUT2D eigenvalue weighted by Crippen LogP contribution is -2.32. The summed E-state index contributed by atoms with van der Waals surface area (Å²) in [5.74, 6) is 2.39. The second-order valence-electron chi connectivity index (χ2n) is 6.06. The van der Waals surface area contributed by atoms with E-state index in [2.05, 4.69) is 43.3 Å². The van der Waals surface area contributed by atoms with E-state index in [0.29, 0.717) is 5.92 Å². The molecule has 1 N–H and O–H groups in total. The number of nitrogens with zero attached hydrogens (tertiary/aromatic N) is 1. The van der Waals surface area contributed by atoms with Crippen LogP contribution >= 0.6 is 0 Å². The summed E-state index contributed by atoms with van der Waals surface area (Å²) in [6.07, 6.45) is 9.49. The maximum absolute atomic E-state index is 4.40. The zero-order valence-electron chi connectivity index (χ0n) is 12.7. The van der Waals surface area contributed by atoms with Crippen LogP contribution in [0.25, 0.3) is 0 Å². The molecule has 1 aliphatic rings. The van der Waals surface area contributed by atoms with Crippen LogP contribution in [0.5, 0.6) is 0 Å². The second-order valence-corrected chi connectivity index (χ2v) is 6.06. The molecule has 19 heavy (non-hydrogen) atoms. The van der Waals surface area contributed by atoms with Gasteiger partial charge in [0.15, 0.2) is 0 Å². The van der Waals surface area contributed by atoms with Crippen molar-refractivity contribution in [3.63, 3.8) is 0 Å². The van der Waals surface area contributed by atoms with Crippen LogP contribution in [0.4, 0.5) is 0 Å². The molecule has 0 aliphatic heterocycles. The molecule has 1 aliphatic carbocycles. The normalized spacial score (nSPS) is 27.4. The summed E-state index contributed by atoms with van der Waals surface area (Å²) in [6, 6.07) is 2.34. The fourth-order valence-electron chi connectivity index (χ4n) is 3.45. The van der Waals surface area contributed by atoms with E-state index in [0.717, 1.165) is 24.9 Å². The molecule has 2 rings (SSSR count). The summed E-state index contributed by atoms with van der Waals surface area (Å²) in [6.45, 7) is 8.91. The van der Waals surface area contributed by atoms with E-state index < -0.39 is 0 Å². The highest BCUT2D eigenvalue weighted by atomic mass is 14.8. The molecule has 1 saturated carbocycles. The number of hydrogen-bond donors (Lipinski definition) is 1. The Balaban J connectivity index is 2.14. The van der Waals surface area contributed by atoms with E-state index in [1.54, 1.807) is 0 Å². The van der Waals surface area contributed by atoms with E-state index in [4.69, 9.17) is 0 Å². The topological polar surface area (TPSA) is 24.9 Å². The lowest BCUT2D eigenvalue weighted by Gasteiger charge is -2.36. The van der Waals surface area contributed by atoms with Crippen molar-refractivity contribution in [2.75, 3.05) is 13.1 Å². The molecule has 3 unspecified atom stereocenters. The van der Waals surface area contributed by atoms with Gasteiger partial charge < -0.3 is 5.32 Å². The van der Waals surface area contributed by atoms with Crippen LogP contribution < -0.4 is 5.32 Å². The molecule has 0 bridgehead atoms. The summed E-state index contributed by atoms with van der Waals surface area (Å²) in [5.41, 5.74) is 2.75. The third-order valence-electron chi connectivity index (χ3n) is 4.66. The Hall–Kier alpha value is -0.890. The summed E-state index contributed by atoms with van der Waals surface area (Å²) in [4.78, 5) is 4.40. The molecular formula is C17H28N2. The first-order valence-electron chi connectivity index (χ1n) is 7.86. The Labute approximate surface area is 118 Å². The Morgan fingerprint density at radius 3 is 2.79 bits per heavy atom. The molecule has 1 heterocycles. The van der Waals surface area contributed by atoms with Gasteiger partial charge in [-0.1, -0.05) is 32.8 Å². The van der Waals surface area contributed by atoms with Crippen molar-refractivity contribution >= 4 is 0 Å². The first-order valence-corrected chi connectivity index (χ1v) is 7.86. The zero-order valence-corrected chi connectivity index (χ0v) is 12.7. The van der Waals surface area contributed by atoms with Gasteiger partial charge in [0.2, 0.25) is 0 Å². The van der Waals surface area contributed by atoms with E-state index in [9.17, 15) is 0 Å². The summed E-state index contributed by atoms with van der Waals surface area (Å²) in [7, 11) is 0. The van der Waals surface area contributed by atoms with Crippen molar-refractivity contribution in [2.45, 2.75) is 52.4 Å². The first-order chi connectivity index (χ1) is 9.24. The predicted octanol–water partition coefficient (Wildman–Crippen LogP) is 3.91. The van der Waals surface area contributed by atoms with Gasteiger partial charge in [-0.2, -0.15) is 0 Å². The van der Waals surface area contributed by atoms with E-state index in [1.807, 2.05) is 6.20 Å². The van der Waals surface area contributed by atoms with Crippen molar-refractivity contribution < 1.29 is 0 Å². The minimum Gasteiger partial charge on any atom is -0.317 e. The van der Waals surface area contributed by atoms with Crippen LogP contribution in [0.2, 0.25) is 0 Å². The van der Waals surface area contributed by atoms with Crippen LogP contribution in [0.1, 0.15) is 56.6 Å². The molecule has 2 heteroatoms. The number of aromatic nitrogens is 1. The van der Waals surface area contributed by atoms with Gasteiger partial charge in [-0.25, -0.2) is 0 Å². The summed E-state index contributed by atoms with van der Waals surface area (Å²) >= 11 is 0. The standard InChI is InChI=1S/C17H28N2/c1-4-14-6-7-15(11-18-5-2)17(9-14)16-8-13(3)10-19-12-16/h8,10,12,14-15,17-18H,4-7,9,11H2,1-3H3. The van der Waals surface area contributed by atoms with E-state index >= 15 is 0 Å². The van der Waals surface area contributed by atoms with Crippen LogP contribution in [0.3, 0.4) is 0 Å². The monoisotopic (exact) mass is 260 g/mol. The highest BCUT2D eigenvalue weighted by Gasteiger charge is 2.30. The van der Waals surface area contributed by atoms with E-state index in [-0.39, 0.29) is 0 Å². The maximum Gasteiger partial charge on any atom is 0.0303 e. The molecular weight excluding hydrogens is 232 g/mol. The number of aryl methyl sites for hydroxylation is 1. The van der Waals surface area contributed by atoms with Crippen LogP contribution in [-0.4, -0.2) is 18.1 Å². The lowest BCUT2D eigenvalue weighted by atomic mass is 9.70. The maximum atomic E-state index is 4.40. The number of hydrogen-bond acceptors (Lipinski definition) is 2. The minimum atomic E-state index is 0.699. The molecule has 0 spiro atoms. The molecule has 0 amide bonds. The Bertz CT molecular complexity index is 389. The number of nitrogens with one attached hydrogen (secondary N) is 1. The smallest absolute Gasteiger partial charge is 0.0303 e. The van der Waals surface area contributed by atoms with Gasteiger partial charge in [0, 0.05) is 12.4 Å². The summed E-state index contributed by atoms with van der Waals surface area (Å²) < 4.78 is 0. The fourth-order valence-corrected chi connectivity index (χ4v) is 3.45. The zero-order chi connectivity index (χ0) is 13.7. The third kappa shape index (κ3) is 3.79. The highest BCUT2D eigenvalue weighted by molar-refractivity contribution is 5.22. The largest absolute Gasteiger partial charge is 0.317 e. The lowest BCUT2D eigenvalue weighted by molar-refractivity contribution is 0.226. The second kappa shape index (κ2) is 7.04. The first kappa shape index (κ1) is 14.5. The highest BCUT2D eigenvalue weighted by Crippen LogP contribution is 2.41. The molecule has 3 atom stereocenters. The molecule has 1 fully saturated rings. The van der Waals surface area contributed by atoms with Gasteiger partial charge in [-0.15, -0.1) is 0 Å². The van der Waals surface area contributed by atoms with Crippen molar-refractivity contribution in [1.82, 2.24) is 10.3 Å². The molecule has 2 nitrogen and oxygen atoms in total. The number of rotatable bonds is 5. The van der Waals surface area contributed by atoms with Gasteiger partial charge in [0.1, 0.15) is 0 Å². The fraction of sp³-hybridized carbons (Fsp3) is 0.706. The van der Waals surface area contributed by atoms with Crippen molar-refractivity contribution in [2.24, 2.45) is 11.8 Å². The molecule has 0 aromatic carbocycles. The molecule has 1 aromatic heterocycles. The molecule has 0 radical (unpaired) electrons. The van der Waals surface area contributed by atoms with Crippen molar-refractivity contribution in [3.05, 3.63) is 29.6 Å². The van der Waals surface area contributed by atoms with Crippen molar-refractivity contribution in [1.29, 1.82) is 0 Å². The van der Waals surface area contributed by atoms with Crippen LogP contribution in [-0.2, 0) is 0 Å². The Morgan fingerprint density at radius 1 is 1.26 bits per heavy atom. The number of pyridine rings is 1. The van der Waals surface area contributed by atoms with Gasteiger partial charge in [-0.05, 0) is 61.7 Å². The molecule has 0 saturated heterocycles. The SMILES string of the molecule is CCNCC1CCC(CC)CC1c1cncc(C)c1. The minimum absolute atomic E-state index is 0.699. The predicted molar refractivity (Wildman–Crippen MR) is 81.4 cm³/mol. The van der Waals surface area contributed by atoms with Gasteiger partial charge >= 0.3 is 0 Å². The van der Waals surface area contributed by atoms with Gasteiger partial charge in [0.05, 0.1) is 0 Å².